The van der Waals surface area contributed by atoms with Gasteiger partial charge in [0.05, 0.1) is 11.6 Å². The largest absolute Gasteiger partial charge is 0.492 e. The van der Waals surface area contributed by atoms with Crippen LogP contribution < -0.4 is 15.4 Å². The van der Waals surface area contributed by atoms with Crippen LogP contribution in [0.25, 0.3) is 10.9 Å². The van der Waals surface area contributed by atoms with Crippen LogP contribution in [0.4, 0.5) is 5.69 Å². The van der Waals surface area contributed by atoms with Gasteiger partial charge in [-0.2, -0.15) is 0 Å². The van der Waals surface area contributed by atoms with Gasteiger partial charge < -0.3 is 20.4 Å². The molecule has 1 aromatic heterocycles. The minimum absolute atomic E-state index is 0.273. The molecule has 0 saturated carbocycles. The molecule has 30 heavy (non-hydrogen) atoms. The zero-order valence-corrected chi connectivity index (χ0v) is 18.0. The number of halogens is 1. The number of rotatable bonds is 8. The number of carbonyl (C=O) groups is 2. The Labute approximate surface area is 181 Å². The van der Waals surface area contributed by atoms with Crippen molar-refractivity contribution in [2.24, 2.45) is 5.92 Å². The summed E-state index contributed by atoms with van der Waals surface area (Å²) in [5, 5.41) is 7.02. The summed E-state index contributed by atoms with van der Waals surface area (Å²) in [7, 11) is 0. The minimum Gasteiger partial charge on any atom is -0.492 e. The summed E-state index contributed by atoms with van der Waals surface area (Å²) < 4.78 is 5.66. The van der Waals surface area contributed by atoms with Crippen molar-refractivity contribution < 1.29 is 14.3 Å². The van der Waals surface area contributed by atoms with Crippen LogP contribution in [-0.2, 0) is 16.0 Å². The molecule has 0 radical (unpaired) electrons. The Morgan fingerprint density at radius 1 is 1.17 bits per heavy atom. The van der Waals surface area contributed by atoms with Gasteiger partial charge in [0.25, 0.3) is 0 Å². The van der Waals surface area contributed by atoms with Gasteiger partial charge in [-0.25, -0.2) is 0 Å². The van der Waals surface area contributed by atoms with Crippen molar-refractivity contribution in [3.8, 4) is 5.75 Å². The molecule has 0 aliphatic carbocycles. The van der Waals surface area contributed by atoms with Crippen LogP contribution in [0.15, 0.2) is 48.7 Å². The number of fused-ring (bicyclic) bond motifs is 1. The molecule has 0 spiro atoms. The van der Waals surface area contributed by atoms with Gasteiger partial charge >= 0.3 is 0 Å². The van der Waals surface area contributed by atoms with Crippen LogP contribution in [0, 0.1) is 5.92 Å². The monoisotopic (exact) mass is 427 g/mol. The highest BCUT2D eigenvalue weighted by Gasteiger charge is 2.22. The van der Waals surface area contributed by atoms with Gasteiger partial charge in [-0.1, -0.05) is 43.6 Å². The first-order valence-corrected chi connectivity index (χ1v) is 10.3. The lowest BCUT2D eigenvalue weighted by molar-refractivity contribution is -0.125. The van der Waals surface area contributed by atoms with Gasteiger partial charge in [0, 0.05) is 36.1 Å². The fourth-order valence-corrected chi connectivity index (χ4v) is 3.39. The van der Waals surface area contributed by atoms with Crippen molar-refractivity contribution >= 4 is 40.0 Å². The second-order valence-corrected chi connectivity index (χ2v) is 8.06. The van der Waals surface area contributed by atoms with Gasteiger partial charge in [0.2, 0.25) is 11.8 Å². The molecule has 7 heteroatoms. The molecule has 1 atom stereocenters. The summed E-state index contributed by atoms with van der Waals surface area (Å²) in [5.41, 5.74) is 2.48. The molecule has 1 unspecified atom stereocenters. The molecular weight excluding hydrogens is 402 g/mol. The number of aromatic nitrogens is 1. The predicted octanol–water partition coefficient (Wildman–Crippen LogP) is 4.54. The van der Waals surface area contributed by atoms with Crippen molar-refractivity contribution in [2.45, 2.75) is 33.2 Å². The second-order valence-electron chi connectivity index (χ2n) is 7.66. The van der Waals surface area contributed by atoms with Crippen LogP contribution >= 0.6 is 11.6 Å². The van der Waals surface area contributed by atoms with E-state index in [1.54, 1.807) is 18.2 Å². The quantitative estimate of drug-likeness (QED) is 0.493. The summed E-state index contributed by atoms with van der Waals surface area (Å²) in [4.78, 5) is 27.8. The topological polar surface area (TPSA) is 83.2 Å². The van der Waals surface area contributed by atoms with E-state index in [-0.39, 0.29) is 11.8 Å². The fourth-order valence-electron chi connectivity index (χ4n) is 3.16. The van der Waals surface area contributed by atoms with Crippen LogP contribution in [0.3, 0.4) is 0 Å². The number of H-pyrrole nitrogens is 1. The van der Waals surface area contributed by atoms with E-state index in [4.69, 9.17) is 16.3 Å². The maximum atomic E-state index is 12.9. The lowest BCUT2D eigenvalue weighted by Gasteiger charge is -2.18. The summed E-state index contributed by atoms with van der Waals surface area (Å²) in [5.74, 6) is 0.358. The van der Waals surface area contributed by atoms with E-state index in [1.807, 2.05) is 30.5 Å². The van der Waals surface area contributed by atoms with E-state index in [0.717, 1.165) is 16.5 Å². The summed E-state index contributed by atoms with van der Waals surface area (Å²) in [6.45, 7) is 6.06. The fraction of sp³-hybridized carbons (Fsp3) is 0.304. The number of amides is 2. The number of benzene rings is 2. The van der Waals surface area contributed by atoms with Crippen LogP contribution in [0.2, 0.25) is 5.02 Å². The van der Waals surface area contributed by atoms with E-state index >= 15 is 0 Å². The Kier molecular flexibility index (Phi) is 7.00. The Hall–Kier alpha value is -2.99. The zero-order chi connectivity index (χ0) is 21.7. The minimum atomic E-state index is -0.725. The molecule has 158 valence electrons. The molecule has 3 aromatic rings. The van der Waals surface area contributed by atoms with Gasteiger partial charge in [-0.05, 0) is 35.7 Å². The SMILES string of the molecule is CC(=O)NC(Cc1c[nH]c2ccccc12)C(=O)Nc1ccc(OCC(C)C)c(Cl)c1. The van der Waals surface area contributed by atoms with Gasteiger partial charge in [0.1, 0.15) is 11.8 Å². The first-order valence-electron chi connectivity index (χ1n) is 9.88. The second kappa shape index (κ2) is 9.67. The lowest BCUT2D eigenvalue weighted by atomic mass is 10.0. The van der Waals surface area contributed by atoms with Gasteiger partial charge in [-0.15, -0.1) is 0 Å². The van der Waals surface area contributed by atoms with Gasteiger partial charge in [0.15, 0.2) is 0 Å². The summed E-state index contributed by atoms with van der Waals surface area (Å²) in [6, 6.07) is 12.2. The van der Waals surface area contributed by atoms with E-state index in [9.17, 15) is 9.59 Å². The average molecular weight is 428 g/mol. The molecule has 3 N–H and O–H groups in total. The third-order valence-corrected chi connectivity index (χ3v) is 4.86. The number of carbonyl (C=O) groups excluding carboxylic acids is 2. The van der Waals surface area contributed by atoms with E-state index in [2.05, 4.69) is 29.5 Å². The van der Waals surface area contributed by atoms with E-state index in [1.165, 1.54) is 6.92 Å². The molecule has 1 heterocycles. The van der Waals surface area contributed by atoms with E-state index in [0.29, 0.717) is 35.4 Å². The Morgan fingerprint density at radius 2 is 1.93 bits per heavy atom. The smallest absolute Gasteiger partial charge is 0.247 e. The van der Waals surface area contributed by atoms with Crippen molar-refractivity contribution in [1.82, 2.24) is 10.3 Å². The number of anilines is 1. The number of hydrogen-bond acceptors (Lipinski definition) is 3. The number of aromatic amines is 1. The molecular formula is C23H26ClN3O3. The first-order chi connectivity index (χ1) is 14.3. The predicted molar refractivity (Wildman–Crippen MR) is 120 cm³/mol. The summed E-state index contributed by atoms with van der Waals surface area (Å²) in [6.07, 6.45) is 2.23. The van der Waals surface area contributed by atoms with E-state index < -0.39 is 6.04 Å². The molecule has 0 fully saturated rings. The van der Waals surface area contributed by atoms with Crippen LogP contribution in [0.5, 0.6) is 5.75 Å². The first kappa shape index (κ1) is 21.7. The number of para-hydroxylation sites is 1. The normalized spacial score (nSPS) is 12.0. The zero-order valence-electron chi connectivity index (χ0n) is 17.3. The van der Waals surface area contributed by atoms with Gasteiger partial charge in [-0.3, -0.25) is 9.59 Å². The van der Waals surface area contributed by atoms with Crippen molar-refractivity contribution in [3.05, 3.63) is 59.2 Å². The molecule has 0 aliphatic rings. The highest BCUT2D eigenvalue weighted by atomic mass is 35.5. The number of nitrogens with one attached hydrogen (secondary N) is 3. The molecule has 0 aliphatic heterocycles. The molecule has 6 nitrogen and oxygen atoms in total. The van der Waals surface area contributed by atoms with Crippen LogP contribution in [-0.4, -0.2) is 29.4 Å². The number of hydrogen-bond donors (Lipinski definition) is 3. The van der Waals surface area contributed by atoms with Crippen LogP contribution in [0.1, 0.15) is 26.3 Å². The van der Waals surface area contributed by atoms with Crippen molar-refractivity contribution in [1.29, 1.82) is 0 Å². The maximum absolute atomic E-state index is 12.9. The molecule has 3 rings (SSSR count). The summed E-state index contributed by atoms with van der Waals surface area (Å²) >= 11 is 6.29. The maximum Gasteiger partial charge on any atom is 0.247 e. The molecule has 0 saturated heterocycles. The highest BCUT2D eigenvalue weighted by Crippen LogP contribution is 2.28. The molecule has 2 aromatic carbocycles. The third-order valence-electron chi connectivity index (χ3n) is 4.56. The molecule has 0 bridgehead atoms. The molecule has 2 amide bonds. The average Bonchev–Trinajstić information content (AvgIpc) is 3.09. The van der Waals surface area contributed by atoms with Crippen molar-refractivity contribution in [2.75, 3.05) is 11.9 Å². The highest BCUT2D eigenvalue weighted by molar-refractivity contribution is 6.32. The number of ether oxygens (including phenoxy) is 1. The Morgan fingerprint density at radius 3 is 2.63 bits per heavy atom. The lowest BCUT2D eigenvalue weighted by Crippen LogP contribution is -2.44. The van der Waals surface area contributed by atoms with Crippen molar-refractivity contribution in [3.63, 3.8) is 0 Å². The standard InChI is InChI=1S/C23H26ClN3O3/c1-14(2)13-30-22-9-8-17(11-19(22)24)27-23(29)21(26-15(3)28)10-16-12-25-20-7-5-4-6-18(16)20/h4-9,11-12,14,21,25H,10,13H2,1-3H3,(H,26,28)(H,27,29). The third kappa shape index (κ3) is 5.54. The Bertz CT molecular complexity index is 1050. The Balaban J connectivity index is 1.74.